The molecule has 1 aliphatic heterocycles. The molecule has 2 aliphatic rings. The van der Waals surface area contributed by atoms with Gasteiger partial charge in [0.1, 0.15) is 0 Å². The number of sulfonamides is 1. The highest BCUT2D eigenvalue weighted by molar-refractivity contribution is 7.88. The molecule has 1 heterocycles. The Morgan fingerprint density at radius 1 is 1.19 bits per heavy atom. The van der Waals surface area contributed by atoms with Crippen LogP contribution in [0, 0.1) is 11.8 Å². The van der Waals surface area contributed by atoms with Crippen LogP contribution in [-0.4, -0.2) is 63.5 Å². The molecular formula is C19H37N3O4S. The van der Waals surface area contributed by atoms with E-state index < -0.39 is 10.0 Å². The first-order valence-corrected chi connectivity index (χ1v) is 12.2. The average Bonchev–Trinajstić information content (AvgIpc) is 2.59. The number of amides is 2. The summed E-state index contributed by atoms with van der Waals surface area (Å²) >= 11 is 0. The Morgan fingerprint density at radius 3 is 2.41 bits per heavy atom. The molecule has 0 aromatic rings. The van der Waals surface area contributed by atoms with Gasteiger partial charge in [0, 0.05) is 19.1 Å². The second-order valence-electron chi connectivity index (χ2n) is 8.35. The second kappa shape index (κ2) is 10.1. The van der Waals surface area contributed by atoms with Crippen LogP contribution in [0.25, 0.3) is 0 Å². The summed E-state index contributed by atoms with van der Waals surface area (Å²) in [6, 6.07) is -0.721. The Morgan fingerprint density at radius 2 is 1.85 bits per heavy atom. The topological polar surface area (TPSA) is 87.7 Å². The number of ether oxygens (including phenoxy) is 1. The summed E-state index contributed by atoms with van der Waals surface area (Å²) in [5.74, 6) is 1.48. The molecule has 2 amide bonds. The van der Waals surface area contributed by atoms with E-state index in [0.717, 1.165) is 31.6 Å². The first kappa shape index (κ1) is 22.4. The molecule has 2 unspecified atom stereocenters. The highest BCUT2D eigenvalue weighted by Crippen LogP contribution is 2.31. The molecule has 0 bridgehead atoms. The summed E-state index contributed by atoms with van der Waals surface area (Å²) in [5.41, 5.74) is 0. The summed E-state index contributed by atoms with van der Waals surface area (Å²) in [4.78, 5) is 14.2. The summed E-state index contributed by atoms with van der Waals surface area (Å²) in [7, 11) is -3.34. The quantitative estimate of drug-likeness (QED) is 0.683. The number of urea groups is 1. The van der Waals surface area contributed by atoms with Gasteiger partial charge < -0.3 is 15.0 Å². The van der Waals surface area contributed by atoms with E-state index >= 15 is 0 Å². The van der Waals surface area contributed by atoms with Gasteiger partial charge in [-0.25, -0.2) is 17.9 Å². The number of carbonyl (C=O) groups excluding carboxylic acids is 1. The lowest BCUT2D eigenvalue weighted by atomic mass is 9.80. The summed E-state index contributed by atoms with van der Waals surface area (Å²) in [6.07, 6.45) is 7.32. The SMILES string of the molecule is CCNC(=O)N1CCCC(NS(C)(=O)=O)C1CO[C@H]1CC[C@@H](C(C)C)CC1. The predicted octanol–water partition coefficient (Wildman–Crippen LogP) is 2.33. The minimum atomic E-state index is -3.34. The van der Waals surface area contributed by atoms with Crippen molar-refractivity contribution >= 4 is 16.1 Å². The Balaban J connectivity index is 2.00. The molecule has 0 radical (unpaired) electrons. The van der Waals surface area contributed by atoms with Gasteiger partial charge in [-0.05, 0) is 57.3 Å². The molecule has 7 nitrogen and oxygen atoms in total. The molecule has 0 aromatic heterocycles. The third-order valence-electron chi connectivity index (χ3n) is 5.90. The molecule has 2 N–H and O–H groups in total. The first-order valence-electron chi connectivity index (χ1n) is 10.3. The molecule has 158 valence electrons. The number of nitrogens with one attached hydrogen (secondary N) is 2. The van der Waals surface area contributed by atoms with Gasteiger partial charge in [-0.3, -0.25) is 0 Å². The Kier molecular flexibility index (Phi) is 8.37. The van der Waals surface area contributed by atoms with Crippen LogP contribution in [0.5, 0.6) is 0 Å². The fourth-order valence-electron chi connectivity index (χ4n) is 4.34. The lowest BCUT2D eigenvalue weighted by Gasteiger charge is -2.42. The minimum absolute atomic E-state index is 0.144. The van der Waals surface area contributed by atoms with E-state index in [4.69, 9.17) is 4.74 Å². The summed E-state index contributed by atoms with van der Waals surface area (Å²) in [5, 5.41) is 2.84. The van der Waals surface area contributed by atoms with Gasteiger partial charge in [0.2, 0.25) is 10.0 Å². The predicted molar refractivity (Wildman–Crippen MR) is 107 cm³/mol. The van der Waals surface area contributed by atoms with Gasteiger partial charge in [-0.15, -0.1) is 0 Å². The molecule has 0 aromatic carbocycles. The lowest BCUT2D eigenvalue weighted by molar-refractivity contribution is -0.0240. The minimum Gasteiger partial charge on any atom is -0.376 e. The molecule has 2 atom stereocenters. The van der Waals surface area contributed by atoms with Crippen molar-refractivity contribution in [2.45, 2.75) is 77.5 Å². The zero-order valence-electron chi connectivity index (χ0n) is 17.2. The maximum absolute atomic E-state index is 12.5. The van der Waals surface area contributed by atoms with Crippen molar-refractivity contribution in [2.24, 2.45) is 11.8 Å². The lowest BCUT2D eigenvalue weighted by Crippen LogP contribution is -2.60. The molecule has 2 rings (SSSR count). The standard InChI is InChI=1S/C19H37N3O4S/c1-5-20-19(23)22-12-6-7-17(21-27(4,24)25)18(22)13-26-16-10-8-15(9-11-16)14(2)3/h14-18,21H,5-13H2,1-4H3,(H,20,23)/t15-,16+,17?,18?. The van der Waals surface area contributed by atoms with Crippen LogP contribution < -0.4 is 10.0 Å². The van der Waals surface area contributed by atoms with Crippen LogP contribution in [0.1, 0.15) is 59.3 Å². The van der Waals surface area contributed by atoms with Crippen LogP contribution >= 0.6 is 0 Å². The third-order valence-corrected chi connectivity index (χ3v) is 6.63. The van der Waals surface area contributed by atoms with E-state index in [-0.39, 0.29) is 24.2 Å². The first-order chi connectivity index (χ1) is 12.7. The van der Waals surface area contributed by atoms with E-state index in [0.29, 0.717) is 25.6 Å². The number of hydrogen-bond acceptors (Lipinski definition) is 4. The van der Waals surface area contributed by atoms with Crippen LogP contribution in [0.15, 0.2) is 0 Å². The fourth-order valence-corrected chi connectivity index (χ4v) is 5.16. The molecule has 1 saturated carbocycles. The highest BCUT2D eigenvalue weighted by atomic mass is 32.2. The molecule has 27 heavy (non-hydrogen) atoms. The van der Waals surface area contributed by atoms with E-state index in [1.54, 1.807) is 4.90 Å². The largest absolute Gasteiger partial charge is 0.376 e. The monoisotopic (exact) mass is 403 g/mol. The van der Waals surface area contributed by atoms with E-state index in [1.807, 2.05) is 6.92 Å². The van der Waals surface area contributed by atoms with Crippen molar-refractivity contribution in [1.29, 1.82) is 0 Å². The summed E-state index contributed by atoms with van der Waals surface area (Å²) < 4.78 is 32.5. The smallest absolute Gasteiger partial charge is 0.317 e. The highest BCUT2D eigenvalue weighted by Gasteiger charge is 2.36. The summed E-state index contributed by atoms with van der Waals surface area (Å²) in [6.45, 7) is 7.99. The van der Waals surface area contributed by atoms with E-state index in [9.17, 15) is 13.2 Å². The zero-order valence-corrected chi connectivity index (χ0v) is 18.1. The number of likely N-dealkylation sites (tertiary alicyclic amines) is 1. The van der Waals surface area contributed by atoms with Gasteiger partial charge >= 0.3 is 6.03 Å². The molecular weight excluding hydrogens is 366 g/mol. The van der Waals surface area contributed by atoms with Crippen molar-refractivity contribution in [3.63, 3.8) is 0 Å². The number of nitrogens with zero attached hydrogens (tertiary/aromatic N) is 1. The number of carbonyl (C=O) groups is 1. The van der Waals surface area contributed by atoms with Gasteiger partial charge in [-0.2, -0.15) is 0 Å². The molecule has 1 aliphatic carbocycles. The average molecular weight is 404 g/mol. The van der Waals surface area contributed by atoms with Crippen LogP contribution in [0.4, 0.5) is 4.79 Å². The molecule has 2 fully saturated rings. The van der Waals surface area contributed by atoms with Crippen molar-refractivity contribution in [3.8, 4) is 0 Å². The zero-order chi connectivity index (χ0) is 20.0. The van der Waals surface area contributed by atoms with Gasteiger partial charge in [-0.1, -0.05) is 13.8 Å². The van der Waals surface area contributed by atoms with Crippen LogP contribution in [-0.2, 0) is 14.8 Å². The molecule has 8 heteroatoms. The third kappa shape index (κ3) is 6.91. The Bertz CT molecular complexity index is 574. The van der Waals surface area contributed by atoms with E-state index in [1.165, 1.54) is 19.1 Å². The van der Waals surface area contributed by atoms with Crippen molar-refractivity contribution in [1.82, 2.24) is 14.9 Å². The second-order valence-corrected chi connectivity index (χ2v) is 10.1. The van der Waals surface area contributed by atoms with Gasteiger partial charge in [0.05, 0.1) is 25.0 Å². The van der Waals surface area contributed by atoms with Crippen LogP contribution in [0.2, 0.25) is 0 Å². The van der Waals surface area contributed by atoms with Crippen molar-refractivity contribution < 1.29 is 17.9 Å². The fraction of sp³-hybridized carbons (Fsp3) is 0.947. The molecule has 0 spiro atoms. The number of piperidine rings is 1. The van der Waals surface area contributed by atoms with Gasteiger partial charge in [0.15, 0.2) is 0 Å². The van der Waals surface area contributed by atoms with E-state index in [2.05, 4.69) is 23.9 Å². The normalized spacial score (nSPS) is 29.7. The Labute approximate surface area is 164 Å². The maximum atomic E-state index is 12.5. The molecule has 1 saturated heterocycles. The van der Waals surface area contributed by atoms with Crippen molar-refractivity contribution in [3.05, 3.63) is 0 Å². The van der Waals surface area contributed by atoms with Crippen LogP contribution in [0.3, 0.4) is 0 Å². The number of hydrogen-bond donors (Lipinski definition) is 2. The van der Waals surface area contributed by atoms with Crippen molar-refractivity contribution in [2.75, 3.05) is 26.0 Å². The number of rotatable bonds is 7. The maximum Gasteiger partial charge on any atom is 0.317 e. The Hall–Kier alpha value is -0.860. The van der Waals surface area contributed by atoms with Gasteiger partial charge in [0.25, 0.3) is 0 Å².